The van der Waals surface area contributed by atoms with Crippen LogP contribution in [0.4, 0.5) is 9.59 Å². The third-order valence-corrected chi connectivity index (χ3v) is 15.2. The molecule has 0 unspecified atom stereocenters. The van der Waals surface area contributed by atoms with Crippen LogP contribution in [0.3, 0.4) is 0 Å². The van der Waals surface area contributed by atoms with Gasteiger partial charge in [0.15, 0.2) is 0 Å². The highest BCUT2D eigenvalue weighted by molar-refractivity contribution is 7.00. The van der Waals surface area contributed by atoms with Gasteiger partial charge in [0, 0.05) is 49.6 Å². The molecule has 2 aliphatic carbocycles. The van der Waals surface area contributed by atoms with Crippen molar-refractivity contribution >= 4 is 46.8 Å². The highest BCUT2D eigenvalue weighted by Gasteiger charge is 2.58. The molecule has 4 amide bonds. The van der Waals surface area contributed by atoms with Gasteiger partial charge in [0.05, 0.1) is 61.8 Å². The molecule has 340 valence electrons. The molecule has 5 aromatic rings. The molecule has 0 radical (unpaired) electrons. The molecular weight excluding hydrogens is 853 g/mol. The highest BCUT2D eigenvalue weighted by Crippen LogP contribution is 2.55. The first kappa shape index (κ1) is 41.8. The van der Waals surface area contributed by atoms with E-state index in [1.54, 1.807) is 6.20 Å². The fourth-order valence-corrected chi connectivity index (χ4v) is 11.6. The molecular formula is C46H52N10O8S. The third-order valence-electron chi connectivity index (χ3n) is 14.7. The Balaban J connectivity index is 0.803. The Kier molecular flexibility index (Phi) is 11.0. The third kappa shape index (κ3) is 7.79. The van der Waals surface area contributed by atoms with E-state index in [4.69, 9.17) is 37.7 Å². The van der Waals surface area contributed by atoms with Crippen LogP contribution in [0.1, 0.15) is 75.1 Å². The van der Waals surface area contributed by atoms with Gasteiger partial charge in [-0.15, -0.1) is 0 Å². The quantitative estimate of drug-likeness (QED) is 0.124. The van der Waals surface area contributed by atoms with E-state index in [1.807, 2.05) is 22.1 Å². The molecule has 7 heterocycles. The van der Waals surface area contributed by atoms with Crippen molar-refractivity contribution in [1.29, 1.82) is 0 Å². The molecule has 2 aromatic carbocycles. The van der Waals surface area contributed by atoms with E-state index < -0.39 is 24.3 Å². The molecule has 0 spiro atoms. The number of imidazole rings is 2. The summed E-state index contributed by atoms with van der Waals surface area (Å²) in [5, 5.41) is 5.71. The number of aromatic amines is 2. The summed E-state index contributed by atoms with van der Waals surface area (Å²) in [5.74, 6) is 2.00. The largest absolute Gasteiger partial charge is 0.453 e. The molecule has 4 N–H and O–H groups in total. The summed E-state index contributed by atoms with van der Waals surface area (Å²) in [6, 6.07) is 10.7. The predicted molar refractivity (Wildman–Crippen MR) is 236 cm³/mol. The molecule has 4 aliphatic heterocycles. The first-order chi connectivity index (χ1) is 31.8. The van der Waals surface area contributed by atoms with Gasteiger partial charge in [-0.3, -0.25) is 9.59 Å². The molecule has 65 heavy (non-hydrogen) atoms. The molecule has 18 nitrogen and oxygen atoms in total. The standard InChI is InChI=1S/C46H52N10O8S/c1-61-45(59)51-37(25-9-13-63-14-10-25)43(57)55-33-17-27(33)19-35(55)41-47-21-31(49-41)24-5-3-23(4-6-24)29-7-8-30(40-39(29)53-65-54-40)32-22-48-42(50-32)36-20-28-18-34(28)56(36)44(58)38(52-46(60)62-2)26-11-15-64-16-12-26/h3-8,21-22,25-28,33-38H,9-20H2,1-2H3,(H,47,49)(H,48,50)(H,51,59)(H,52,60)/t27-,28-,33-,34-,35+,36+,37+,38+/m1/s1. The smallest absolute Gasteiger partial charge is 0.407 e. The van der Waals surface area contributed by atoms with Gasteiger partial charge in [0.2, 0.25) is 11.8 Å². The lowest BCUT2D eigenvalue weighted by Gasteiger charge is -2.35. The van der Waals surface area contributed by atoms with Crippen LogP contribution in [-0.2, 0) is 28.5 Å². The first-order valence-electron chi connectivity index (χ1n) is 22.7. The predicted octanol–water partition coefficient (Wildman–Crippen LogP) is 5.76. The van der Waals surface area contributed by atoms with Gasteiger partial charge in [0.1, 0.15) is 34.8 Å². The molecule has 2 saturated carbocycles. The number of methoxy groups -OCH3 is 2. The van der Waals surface area contributed by atoms with Gasteiger partial charge in [-0.1, -0.05) is 30.3 Å². The van der Waals surface area contributed by atoms with Gasteiger partial charge in [-0.05, 0) is 92.2 Å². The second kappa shape index (κ2) is 17.1. The maximum atomic E-state index is 14.3. The first-order valence-corrected chi connectivity index (χ1v) is 23.5. The summed E-state index contributed by atoms with van der Waals surface area (Å²) in [4.78, 5) is 74.0. The van der Waals surface area contributed by atoms with E-state index in [0.717, 1.165) is 87.9 Å². The van der Waals surface area contributed by atoms with Crippen LogP contribution in [0.15, 0.2) is 48.8 Å². The summed E-state index contributed by atoms with van der Waals surface area (Å²) in [7, 11) is 2.63. The molecule has 4 saturated heterocycles. The minimum Gasteiger partial charge on any atom is -0.453 e. The van der Waals surface area contributed by atoms with Gasteiger partial charge < -0.3 is 49.3 Å². The number of alkyl carbamates (subject to hydrolysis) is 2. The summed E-state index contributed by atoms with van der Waals surface area (Å²) in [5.41, 5.74) is 6.90. The van der Waals surface area contributed by atoms with E-state index in [2.05, 4.69) is 50.9 Å². The molecule has 3 aromatic heterocycles. The molecule has 8 atom stereocenters. The fraction of sp³-hybridized carbons (Fsp3) is 0.522. The molecule has 19 heteroatoms. The molecule has 11 rings (SSSR count). The second-order valence-electron chi connectivity index (χ2n) is 18.3. The summed E-state index contributed by atoms with van der Waals surface area (Å²) < 4.78 is 30.4. The Morgan fingerprint density at radius 3 is 1.63 bits per heavy atom. The van der Waals surface area contributed by atoms with Crippen LogP contribution in [0.5, 0.6) is 0 Å². The molecule has 0 bridgehead atoms. The van der Waals surface area contributed by atoms with Crippen LogP contribution in [-0.4, -0.2) is 127 Å². The number of carbonyl (C=O) groups excluding carboxylic acids is 4. The number of amides is 4. The van der Waals surface area contributed by atoms with Crippen LogP contribution in [0.25, 0.3) is 44.7 Å². The van der Waals surface area contributed by atoms with Crippen molar-refractivity contribution in [3.8, 4) is 33.6 Å². The number of hydrogen-bond acceptors (Lipinski definition) is 13. The van der Waals surface area contributed by atoms with Crippen LogP contribution < -0.4 is 10.6 Å². The number of likely N-dealkylation sites (tertiary alicyclic amines) is 2. The van der Waals surface area contributed by atoms with Crippen molar-refractivity contribution in [3.63, 3.8) is 0 Å². The van der Waals surface area contributed by atoms with Gasteiger partial charge in [0.25, 0.3) is 0 Å². The van der Waals surface area contributed by atoms with Crippen LogP contribution in [0, 0.1) is 23.7 Å². The monoisotopic (exact) mass is 904 g/mol. The number of ether oxygens (including phenoxy) is 4. The van der Waals surface area contributed by atoms with Crippen molar-refractivity contribution < 1.29 is 38.1 Å². The number of rotatable bonds is 11. The zero-order valence-corrected chi connectivity index (χ0v) is 37.1. The Bertz CT molecular complexity index is 2600. The number of aromatic nitrogens is 6. The van der Waals surface area contributed by atoms with E-state index in [1.165, 1.54) is 14.2 Å². The minimum atomic E-state index is -0.702. The van der Waals surface area contributed by atoms with Crippen molar-refractivity contribution in [2.75, 3.05) is 40.6 Å². The van der Waals surface area contributed by atoms with E-state index >= 15 is 0 Å². The second-order valence-corrected chi connectivity index (χ2v) is 18.8. The maximum absolute atomic E-state index is 14.3. The number of carbonyl (C=O) groups is 4. The Labute approximate surface area is 378 Å². The number of hydrogen-bond donors (Lipinski definition) is 4. The van der Waals surface area contributed by atoms with Gasteiger partial charge in [-0.2, -0.15) is 8.75 Å². The van der Waals surface area contributed by atoms with E-state index in [9.17, 15) is 19.2 Å². The highest BCUT2D eigenvalue weighted by atomic mass is 32.1. The van der Waals surface area contributed by atoms with Crippen molar-refractivity contribution in [2.45, 2.75) is 87.6 Å². The van der Waals surface area contributed by atoms with Crippen molar-refractivity contribution in [1.82, 2.24) is 49.1 Å². The number of piperidine rings is 2. The summed E-state index contributed by atoms with van der Waals surface area (Å²) in [6.07, 6.45) is 8.69. The molecule has 6 aliphatic rings. The van der Waals surface area contributed by atoms with Gasteiger partial charge in [-0.25, -0.2) is 19.6 Å². The van der Waals surface area contributed by atoms with Gasteiger partial charge >= 0.3 is 12.2 Å². The van der Waals surface area contributed by atoms with Crippen LogP contribution >= 0.6 is 11.7 Å². The Morgan fingerprint density at radius 2 is 1.11 bits per heavy atom. The normalized spacial score (nSPS) is 26.0. The zero-order valence-electron chi connectivity index (χ0n) is 36.2. The fourth-order valence-electron chi connectivity index (χ4n) is 11.0. The lowest BCUT2D eigenvalue weighted by molar-refractivity contribution is -0.138. The number of H-pyrrole nitrogens is 2. The van der Waals surface area contributed by atoms with E-state index in [0.29, 0.717) is 69.8 Å². The lowest BCUT2D eigenvalue weighted by atomic mass is 9.90. The average molecular weight is 905 g/mol. The number of nitrogens with zero attached hydrogens (tertiary/aromatic N) is 6. The average Bonchev–Trinajstić information content (AvgIpc) is 3.80. The summed E-state index contributed by atoms with van der Waals surface area (Å²) in [6.45, 7) is 2.21. The van der Waals surface area contributed by atoms with Crippen molar-refractivity contribution in [2.24, 2.45) is 23.7 Å². The number of benzene rings is 2. The summed E-state index contributed by atoms with van der Waals surface area (Å²) >= 11 is 1.16. The van der Waals surface area contributed by atoms with Crippen LogP contribution in [0.2, 0.25) is 0 Å². The Hall–Kier alpha value is -5.92. The number of fused-ring (bicyclic) bond motifs is 3. The topological polar surface area (TPSA) is 219 Å². The zero-order chi connectivity index (χ0) is 44.3. The molecule has 6 fully saturated rings. The minimum absolute atomic E-state index is 0.0341. The van der Waals surface area contributed by atoms with E-state index in [-0.39, 0.29) is 47.8 Å². The Morgan fingerprint density at radius 1 is 0.646 bits per heavy atom. The lowest BCUT2D eigenvalue weighted by Crippen LogP contribution is -2.54. The van der Waals surface area contributed by atoms with Crippen molar-refractivity contribution in [3.05, 3.63) is 60.4 Å². The SMILES string of the molecule is COC(=O)N[C@H](C(=O)N1[C@@H]2C[C@@H]2C[C@H]1c1ncc(-c2ccc(-c3ccc(-c4cnc([C@@H]5C[C@H]6C[C@H]6N5C(=O)[C@@H](NC(=O)OC)C5CCOCC5)[nH]4)c4nsnc34)cc2)[nH]1)C1CCOCC1. The number of nitrogens with one attached hydrogen (secondary N) is 4. The maximum Gasteiger partial charge on any atom is 0.407 e.